The van der Waals surface area contributed by atoms with Crippen molar-refractivity contribution in [1.82, 2.24) is 14.9 Å². The number of rotatable bonds is 8. The fraction of sp³-hybridized carbons (Fsp3) is 0.222. The van der Waals surface area contributed by atoms with Crippen LogP contribution in [0.1, 0.15) is 21.7 Å². The highest BCUT2D eigenvalue weighted by atomic mass is 32.2. The quantitative estimate of drug-likeness (QED) is 0.488. The van der Waals surface area contributed by atoms with Gasteiger partial charge in [-0.1, -0.05) is 18.2 Å². The summed E-state index contributed by atoms with van der Waals surface area (Å²) in [5.74, 6) is 0.887. The van der Waals surface area contributed by atoms with Crippen LogP contribution in [0.25, 0.3) is 0 Å². The average molecular weight is 358 g/mol. The Bertz CT molecular complexity index is 754. The van der Waals surface area contributed by atoms with Crippen LogP contribution >= 0.6 is 23.1 Å². The molecule has 0 spiro atoms. The maximum absolute atomic E-state index is 12.4. The molecule has 4 nitrogen and oxygen atoms in total. The molecule has 1 aromatic carbocycles. The van der Waals surface area contributed by atoms with E-state index < -0.39 is 0 Å². The first-order chi connectivity index (χ1) is 11.8. The number of imidazole rings is 1. The summed E-state index contributed by atoms with van der Waals surface area (Å²) in [6.07, 6.45) is 6.36. The average Bonchev–Trinajstić information content (AvgIpc) is 3.30. The maximum Gasteiger partial charge on any atom is 0.252 e. The van der Waals surface area contributed by atoms with Crippen LogP contribution in [0.3, 0.4) is 0 Å². The summed E-state index contributed by atoms with van der Waals surface area (Å²) < 4.78 is 2.01. The molecular formula is C18H19N3OS2. The molecule has 0 radical (unpaired) electrons. The number of carbonyl (C=O) groups excluding carboxylic acids is 1. The molecule has 0 atom stereocenters. The zero-order valence-electron chi connectivity index (χ0n) is 13.2. The van der Waals surface area contributed by atoms with Crippen LogP contribution in [-0.4, -0.2) is 22.0 Å². The Morgan fingerprint density at radius 2 is 2.17 bits per heavy atom. The largest absolute Gasteiger partial charge is 0.352 e. The zero-order chi connectivity index (χ0) is 16.6. The van der Waals surface area contributed by atoms with Gasteiger partial charge in [0.1, 0.15) is 0 Å². The maximum atomic E-state index is 12.4. The fourth-order valence-corrected chi connectivity index (χ4v) is 4.12. The summed E-state index contributed by atoms with van der Waals surface area (Å²) in [6, 6.07) is 12.0. The third-order valence-electron chi connectivity index (χ3n) is 3.52. The molecule has 24 heavy (non-hydrogen) atoms. The van der Waals surface area contributed by atoms with Crippen molar-refractivity contribution in [3.8, 4) is 0 Å². The molecule has 0 saturated carbocycles. The summed E-state index contributed by atoms with van der Waals surface area (Å²) in [6.45, 7) is 1.51. The lowest BCUT2D eigenvalue weighted by Gasteiger charge is -2.10. The number of aryl methyl sites for hydroxylation is 1. The van der Waals surface area contributed by atoms with E-state index in [9.17, 15) is 4.79 Å². The molecule has 6 heteroatoms. The molecule has 2 aromatic heterocycles. The molecule has 0 saturated heterocycles. The van der Waals surface area contributed by atoms with Gasteiger partial charge < -0.3 is 9.88 Å². The number of amides is 1. The van der Waals surface area contributed by atoms with Gasteiger partial charge in [-0.15, -0.1) is 23.1 Å². The highest BCUT2D eigenvalue weighted by Gasteiger charge is 2.11. The number of benzene rings is 1. The lowest BCUT2D eigenvalue weighted by molar-refractivity contribution is 0.0950. The minimum Gasteiger partial charge on any atom is -0.352 e. The molecule has 3 aromatic rings. The first kappa shape index (κ1) is 16.8. The van der Waals surface area contributed by atoms with E-state index in [0.717, 1.165) is 29.2 Å². The minimum absolute atomic E-state index is 0.00471. The normalized spacial score (nSPS) is 10.7. The van der Waals surface area contributed by atoms with Gasteiger partial charge in [0.15, 0.2) is 0 Å². The number of nitrogens with one attached hydrogen (secondary N) is 1. The summed E-state index contributed by atoms with van der Waals surface area (Å²) >= 11 is 3.45. The van der Waals surface area contributed by atoms with Gasteiger partial charge in [0.05, 0.1) is 11.9 Å². The van der Waals surface area contributed by atoms with Gasteiger partial charge in [0.25, 0.3) is 5.91 Å². The van der Waals surface area contributed by atoms with Crippen LogP contribution in [0.5, 0.6) is 0 Å². The van der Waals surface area contributed by atoms with Gasteiger partial charge in [0, 0.05) is 41.0 Å². The van der Waals surface area contributed by atoms with E-state index in [0.29, 0.717) is 6.54 Å². The Morgan fingerprint density at radius 3 is 2.96 bits per heavy atom. The molecule has 0 aliphatic rings. The molecule has 1 N–H and O–H groups in total. The predicted molar refractivity (Wildman–Crippen MR) is 99.5 cm³/mol. The molecule has 0 unspecified atom stereocenters. The highest BCUT2D eigenvalue weighted by Crippen LogP contribution is 2.27. The predicted octanol–water partition coefficient (Wildman–Crippen LogP) is 4.06. The van der Waals surface area contributed by atoms with Gasteiger partial charge in [-0.25, -0.2) is 4.98 Å². The van der Waals surface area contributed by atoms with Crippen molar-refractivity contribution >= 4 is 29.0 Å². The number of thioether (sulfide) groups is 1. The van der Waals surface area contributed by atoms with E-state index in [1.165, 1.54) is 4.88 Å². The summed E-state index contributed by atoms with van der Waals surface area (Å²) in [5, 5.41) is 5.09. The number of carbonyl (C=O) groups is 1. The SMILES string of the molecule is O=C(NCCCn1ccnc1)c1ccccc1SCc1cccs1. The van der Waals surface area contributed by atoms with Crippen molar-refractivity contribution in [1.29, 1.82) is 0 Å². The van der Waals surface area contributed by atoms with Gasteiger partial charge >= 0.3 is 0 Å². The molecule has 2 heterocycles. The lowest BCUT2D eigenvalue weighted by atomic mass is 10.2. The van der Waals surface area contributed by atoms with Crippen LogP contribution in [0.4, 0.5) is 0 Å². The van der Waals surface area contributed by atoms with E-state index in [1.807, 2.05) is 35.0 Å². The third kappa shape index (κ3) is 4.72. The van der Waals surface area contributed by atoms with Crippen molar-refractivity contribution < 1.29 is 4.79 Å². The Hall–Kier alpha value is -2.05. The standard InChI is InChI=1S/C18H19N3OS2/c22-18(20-8-4-10-21-11-9-19-14-21)16-6-1-2-7-17(16)24-13-15-5-3-12-23-15/h1-3,5-7,9,11-12,14H,4,8,10,13H2,(H,20,22). The number of aromatic nitrogens is 2. The number of hydrogen-bond donors (Lipinski definition) is 1. The second-order valence-corrected chi connectivity index (χ2v) is 7.32. The van der Waals surface area contributed by atoms with Crippen LogP contribution in [0.2, 0.25) is 0 Å². The van der Waals surface area contributed by atoms with Crippen LogP contribution in [-0.2, 0) is 12.3 Å². The molecule has 0 aliphatic carbocycles. The minimum atomic E-state index is -0.00471. The number of hydrogen-bond acceptors (Lipinski definition) is 4. The highest BCUT2D eigenvalue weighted by molar-refractivity contribution is 7.98. The Kier molecular flexibility index (Phi) is 6.09. The fourth-order valence-electron chi connectivity index (χ4n) is 2.30. The Labute approximate surface area is 149 Å². The van der Waals surface area contributed by atoms with Crippen molar-refractivity contribution in [2.75, 3.05) is 6.54 Å². The van der Waals surface area contributed by atoms with Crippen LogP contribution in [0.15, 0.2) is 65.4 Å². The van der Waals surface area contributed by atoms with E-state index in [2.05, 4.69) is 27.8 Å². The molecule has 3 rings (SSSR count). The monoisotopic (exact) mass is 357 g/mol. The first-order valence-electron chi connectivity index (χ1n) is 7.81. The van der Waals surface area contributed by atoms with Crippen LogP contribution < -0.4 is 5.32 Å². The van der Waals surface area contributed by atoms with E-state index >= 15 is 0 Å². The lowest BCUT2D eigenvalue weighted by Crippen LogP contribution is -2.25. The van der Waals surface area contributed by atoms with E-state index in [1.54, 1.807) is 35.6 Å². The van der Waals surface area contributed by atoms with Gasteiger partial charge in [0.2, 0.25) is 0 Å². The van der Waals surface area contributed by atoms with Gasteiger partial charge in [-0.2, -0.15) is 0 Å². The second-order valence-electron chi connectivity index (χ2n) is 5.27. The topological polar surface area (TPSA) is 46.9 Å². The Morgan fingerprint density at radius 1 is 1.25 bits per heavy atom. The number of thiophene rings is 1. The molecule has 0 bridgehead atoms. The zero-order valence-corrected chi connectivity index (χ0v) is 14.9. The first-order valence-corrected chi connectivity index (χ1v) is 9.67. The third-order valence-corrected chi connectivity index (χ3v) is 5.70. The van der Waals surface area contributed by atoms with Crippen molar-refractivity contribution in [3.05, 3.63) is 70.9 Å². The van der Waals surface area contributed by atoms with Crippen LogP contribution in [0, 0.1) is 0 Å². The smallest absolute Gasteiger partial charge is 0.252 e. The molecule has 1 amide bonds. The van der Waals surface area contributed by atoms with Crippen molar-refractivity contribution in [3.63, 3.8) is 0 Å². The summed E-state index contributed by atoms with van der Waals surface area (Å²) in [5.41, 5.74) is 0.752. The van der Waals surface area contributed by atoms with E-state index in [4.69, 9.17) is 0 Å². The summed E-state index contributed by atoms with van der Waals surface area (Å²) in [7, 11) is 0. The number of nitrogens with zero attached hydrogens (tertiary/aromatic N) is 2. The molecule has 0 fully saturated rings. The molecule has 0 aliphatic heterocycles. The van der Waals surface area contributed by atoms with Gasteiger partial charge in [-0.05, 0) is 30.0 Å². The second kappa shape index (κ2) is 8.70. The summed E-state index contributed by atoms with van der Waals surface area (Å²) in [4.78, 5) is 18.8. The van der Waals surface area contributed by atoms with E-state index in [-0.39, 0.29) is 5.91 Å². The van der Waals surface area contributed by atoms with Crippen molar-refractivity contribution in [2.45, 2.75) is 23.6 Å². The molecular weight excluding hydrogens is 338 g/mol. The molecule has 124 valence electrons. The van der Waals surface area contributed by atoms with Gasteiger partial charge in [-0.3, -0.25) is 4.79 Å². The van der Waals surface area contributed by atoms with Crippen molar-refractivity contribution in [2.24, 2.45) is 0 Å². The Balaban J connectivity index is 1.52.